The van der Waals surface area contributed by atoms with Crippen LogP contribution in [-0.4, -0.2) is 44.8 Å². The summed E-state index contributed by atoms with van der Waals surface area (Å²) in [6, 6.07) is 0. The van der Waals surface area contributed by atoms with Crippen molar-refractivity contribution in [2.45, 2.75) is 31.7 Å². The first-order valence-electron chi connectivity index (χ1n) is 4.81. The molecule has 1 rings (SSSR count). The molecule has 1 heterocycles. The third-order valence-corrected chi connectivity index (χ3v) is 3.02. The monoisotopic (exact) mass is 245 g/mol. The van der Waals surface area contributed by atoms with Crippen LogP contribution in [0.3, 0.4) is 0 Å². The topological polar surface area (TPSA) is 77.2 Å². The van der Waals surface area contributed by atoms with Crippen LogP contribution in [0, 0.1) is 6.92 Å². The van der Waals surface area contributed by atoms with E-state index in [0.29, 0.717) is 11.7 Å². The largest absolute Gasteiger partial charge is 0.481 e. The zero-order chi connectivity index (χ0) is 12.1. The van der Waals surface area contributed by atoms with Crippen LogP contribution in [0.5, 0.6) is 0 Å². The number of aliphatic carboxylic acids is 1. The van der Waals surface area contributed by atoms with Gasteiger partial charge in [0.15, 0.2) is 5.16 Å². The van der Waals surface area contributed by atoms with Gasteiger partial charge in [0.05, 0.1) is 18.4 Å². The van der Waals surface area contributed by atoms with E-state index in [2.05, 4.69) is 10.2 Å². The first-order chi connectivity index (χ1) is 7.54. The summed E-state index contributed by atoms with van der Waals surface area (Å²) in [6.07, 6.45) is 0.0406. The molecule has 1 N–H and O–H groups in total. The van der Waals surface area contributed by atoms with Crippen molar-refractivity contribution in [3.8, 4) is 0 Å². The lowest BCUT2D eigenvalue weighted by Crippen LogP contribution is -2.16. The van der Waals surface area contributed by atoms with Crippen molar-refractivity contribution >= 4 is 17.7 Å². The number of aryl methyl sites for hydroxylation is 1. The molecule has 0 radical (unpaired) electrons. The second-order valence-corrected chi connectivity index (χ2v) is 4.31. The summed E-state index contributed by atoms with van der Waals surface area (Å²) >= 11 is 1.16. The van der Waals surface area contributed by atoms with Gasteiger partial charge in [0.1, 0.15) is 5.82 Å². The number of methoxy groups -OCH3 is 1. The van der Waals surface area contributed by atoms with E-state index in [4.69, 9.17) is 9.84 Å². The van der Waals surface area contributed by atoms with Gasteiger partial charge in [0.25, 0.3) is 0 Å². The highest BCUT2D eigenvalue weighted by Gasteiger charge is 2.13. The van der Waals surface area contributed by atoms with E-state index >= 15 is 0 Å². The Labute approximate surface area is 98.0 Å². The van der Waals surface area contributed by atoms with Crippen LogP contribution in [-0.2, 0) is 16.1 Å². The van der Waals surface area contributed by atoms with Crippen LogP contribution in [0.2, 0.25) is 0 Å². The molecule has 1 aromatic heterocycles. The average molecular weight is 245 g/mol. The molecule has 1 unspecified atom stereocenters. The number of hydrogen-bond acceptors (Lipinski definition) is 5. The number of thioether (sulfide) groups is 1. The number of nitrogens with zero attached hydrogens (tertiary/aromatic N) is 3. The molecular weight excluding hydrogens is 230 g/mol. The van der Waals surface area contributed by atoms with Gasteiger partial charge in [-0.25, -0.2) is 0 Å². The molecule has 0 saturated heterocycles. The number of carbonyl (C=O) groups is 1. The van der Waals surface area contributed by atoms with Gasteiger partial charge >= 0.3 is 5.97 Å². The molecule has 16 heavy (non-hydrogen) atoms. The SMILES string of the molecule is COC(C)Cn1c(C)nnc1SCC(=O)O. The Kier molecular flexibility index (Phi) is 4.75. The predicted molar refractivity (Wildman–Crippen MR) is 59.6 cm³/mol. The molecule has 0 amide bonds. The molecule has 0 aliphatic carbocycles. The third kappa shape index (κ3) is 3.49. The van der Waals surface area contributed by atoms with Gasteiger partial charge in [-0.1, -0.05) is 11.8 Å². The molecule has 0 aliphatic rings. The lowest BCUT2D eigenvalue weighted by Gasteiger charge is -2.12. The van der Waals surface area contributed by atoms with Crippen LogP contribution >= 0.6 is 11.8 Å². The Hall–Kier alpha value is -1.08. The average Bonchev–Trinajstić information content (AvgIpc) is 2.57. The molecule has 90 valence electrons. The van der Waals surface area contributed by atoms with E-state index in [1.165, 1.54) is 0 Å². The Morgan fingerprint density at radius 1 is 1.62 bits per heavy atom. The molecule has 0 bridgehead atoms. The van der Waals surface area contributed by atoms with Gasteiger partial charge in [0, 0.05) is 7.11 Å². The van der Waals surface area contributed by atoms with Crippen LogP contribution in [0.25, 0.3) is 0 Å². The maximum atomic E-state index is 10.5. The number of carboxylic acid groups (broad SMARTS) is 1. The summed E-state index contributed by atoms with van der Waals surface area (Å²) in [5, 5.41) is 17.1. The standard InChI is InChI=1S/C9H15N3O3S/c1-6(15-3)4-12-7(2)10-11-9(12)16-5-8(13)14/h6H,4-5H2,1-3H3,(H,13,14). The van der Waals surface area contributed by atoms with Gasteiger partial charge in [-0.2, -0.15) is 0 Å². The molecule has 1 atom stereocenters. The Morgan fingerprint density at radius 3 is 2.88 bits per heavy atom. The highest BCUT2D eigenvalue weighted by molar-refractivity contribution is 7.99. The van der Waals surface area contributed by atoms with Gasteiger partial charge in [-0.15, -0.1) is 10.2 Å². The molecular formula is C9H15N3O3S. The number of rotatable bonds is 6. The highest BCUT2D eigenvalue weighted by Crippen LogP contribution is 2.17. The number of ether oxygens (including phenoxy) is 1. The Morgan fingerprint density at radius 2 is 2.31 bits per heavy atom. The van der Waals surface area contributed by atoms with E-state index in [9.17, 15) is 4.79 Å². The van der Waals surface area contributed by atoms with E-state index in [1.54, 1.807) is 7.11 Å². The van der Waals surface area contributed by atoms with Crippen molar-refractivity contribution in [2.24, 2.45) is 0 Å². The predicted octanol–water partition coefficient (Wildman–Crippen LogP) is 0.798. The Bertz CT molecular complexity index is 367. The maximum Gasteiger partial charge on any atom is 0.313 e. The van der Waals surface area contributed by atoms with Crippen molar-refractivity contribution in [1.29, 1.82) is 0 Å². The van der Waals surface area contributed by atoms with E-state index < -0.39 is 5.97 Å². The zero-order valence-electron chi connectivity index (χ0n) is 9.51. The van der Waals surface area contributed by atoms with E-state index in [-0.39, 0.29) is 11.9 Å². The number of aromatic nitrogens is 3. The molecule has 0 spiro atoms. The molecule has 0 saturated carbocycles. The lowest BCUT2D eigenvalue weighted by atomic mass is 10.4. The number of carboxylic acids is 1. The van der Waals surface area contributed by atoms with Crippen molar-refractivity contribution in [3.63, 3.8) is 0 Å². The molecule has 0 aromatic carbocycles. The molecule has 0 fully saturated rings. The zero-order valence-corrected chi connectivity index (χ0v) is 10.3. The summed E-state index contributed by atoms with van der Waals surface area (Å²) < 4.78 is 7.02. The number of hydrogen-bond donors (Lipinski definition) is 1. The molecule has 7 heteroatoms. The summed E-state index contributed by atoms with van der Waals surface area (Å²) in [5.74, 6) is -0.117. The molecule has 0 aliphatic heterocycles. The maximum absolute atomic E-state index is 10.5. The van der Waals surface area contributed by atoms with E-state index in [1.807, 2.05) is 18.4 Å². The van der Waals surface area contributed by atoms with E-state index in [0.717, 1.165) is 17.6 Å². The summed E-state index contributed by atoms with van der Waals surface area (Å²) in [5.41, 5.74) is 0. The fraction of sp³-hybridized carbons (Fsp3) is 0.667. The second-order valence-electron chi connectivity index (χ2n) is 3.37. The summed E-state index contributed by atoms with van der Waals surface area (Å²) in [4.78, 5) is 10.5. The van der Waals surface area contributed by atoms with Gasteiger partial charge in [0.2, 0.25) is 0 Å². The van der Waals surface area contributed by atoms with Crippen LogP contribution in [0.15, 0.2) is 5.16 Å². The molecule has 6 nitrogen and oxygen atoms in total. The smallest absolute Gasteiger partial charge is 0.313 e. The fourth-order valence-electron chi connectivity index (χ4n) is 1.14. The van der Waals surface area contributed by atoms with Gasteiger partial charge in [-0.3, -0.25) is 4.79 Å². The van der Waals surface area contributed by atoms with Crippen LogP contribution < -0.4 is 0 Å². The highest BCUT2D eigenvalue weighted by atomic mass is 32.2. The van der Waals surface area contributed by atoms with Gasteiger partial charge < -0.3 is 14.4 Å². The summed E-state index contributed by atoms with van der Waals surface area (Å²) in [7, 11) is 1.63. The molecule has 1 aromatic rings. The lowest BCUT2D eigenvalue weighted by molar-refractivity contribution is -0.133. The van der Waals surface area contributed by atoms with Gasteiger partial charge in [-0.05, 0) is 13.8 Å². The quantitative estimate of drug-likeness (QED) is 0.747. The fourth-order valence-corrected chi connectivity index (χ4v) is 1.85. The van der Waals surface area contributed by atoms with Crippen LogP contribution in [0.1, 0.15) is 12.7 Å². The normalized spacial score (nSPS) is 12.7. The van der Waals surface area contributed by atoms with Crippen molar-refractivity contribution in [3.05, 3.63) is 5.82 Å². The summed E-state index contributed by atoms with van der Waals surface area (Å²) in [6.45, 7) is 4.39. The second kappa shape index (κ2) is 5.86. The van der Waals surface area contributed by atoms with Crippen LogP contribution in [0.4, 0.5) is 0 Å². The first kappa shape index (κ1) is 13.0. The first-order valence-corrected chi connectivity index (χ1v) is 5.80. The minimum atomic E-state index is -0.864. The minimum Gasteiger partial charge on any atom is -0.481 e. The van der Waals surface area contributed by atoms with Crippen molar-refractivity contribution < 1.29 is 14.6 Å². The van der Waals surface area contributed by atoms with Crippen molar-refractivity contribution in [2.75, 3.05) is 12.9 Å². The third-order valence-electron chi connectivity index (χ3n) is 2.07. The minimum absolute atomic E-state index is 0.0144. The van der Waals surface area contributed by atoms with Crippen molar-refractivity contribution in [1.82, 2.24) is 14.8 Å². The Balaban J connectivity index is 2.73.